The molecule has 0 aliphatic rings. The lowest BCUT2D eigenvalue weighted by Gasteiger charge is -2.09. The summed E-state index contributed by atoms with van der Waals surface area (Å²) in [7, 11) is 0. The van der Waals surface area contributed by atoms with E-state index in [-0.39, 0.29) is 13.0 Å². The highest BCUT2D eigenvalue weighted by atomic mass is 19.4. The average molecular weight is 494 g/mol. The van der Waals surface area contributed by atoms with Gasteiger partial charge in [0.1, 0.15) is 5.75 Å². The average Bonchev–Trinajstić information content (AvgIpc) is 2.83. The first-order valence-corrected chi connectivity index (χ1v) is 12.1. The van der Waals surface area contributed by atoms with Crippen molar-refractivity contribution in [2.45, 2.75) is 64.0 Å². The van der Waals surface area contributed by atoms with Crippen LogP contribution in [0.15, 0.2) is 54.6 Å². The number of carbonyl (C=O) groups is 2. The maximum Gasteiger partial charge on any atom is 0.491 e. The van der Waals surface area contributed by atoms with Gasteiger partial charge in [-0.3, -0.25) is 4.79 Å². The van der Waals surface area contributed by atoms with Gasteiger partial charge in [-0.2, -0.15) is 13.2 Å². The van der Waals surface area contributed by atoms with Gasteiger partial charge in [0.2, 0.25) is 0 Å². The minimum Gasteiger partial charge on any atom is -0.494 e. The Bertz CT molecular complexity index is 887. The van der Waals surface area contributed by atoms with Crippen molar-refractivity contribution in [2.75, 3.05) is 19.7 Å². The van der Waals surface area contributed by atoms with E-state index < -0.39 is 18.1 Å². The van der Waals surface area contributed by atoms with Crippen molar-refractivity contribution in [1.82, 2.24) is 5.32 Å². The quantitative estimate of drug-likeness (QED) is 0.182. The number of esters is 2. The van der Waals surface area contributed by atoms with Crippen molar-refractivity contribution < 1.29 is 32.2 Å². The van der Waals surface area contributed by atoms with E-state index in [1.165, 1.54) is 24.8 Å². The van der Waals surface area contributed by atoms with E-state index >= 15 is 0 Å². The molecule has 2 aromatic rings. The Morgan fingerprint density at radius 2 is 1.46 bits per heavy atom. The highest BCUT2D eigenvalue weighted by Crippen LogP contribution is 2.17. The number of carbonyl (C=O) groups excluding carboxylic acids is 2. The van der Waals surface area contributed by atoms with Gasteiger partial charge in [-0.15, -0.1) is 0 Å². The number of unbranched alkanes of at least 4 members (excludes halogenated alkanes) is 4. The fourth-order valence-electron chi connectivity index (χ4n) is 3.53. The zero-order chi connectivity index (χ0) is 25.4. The first-order chi connectivity index (χ1) is 16.8. The Hall–Kier alpha value is -2.87. The second kappa shape index (κ2) is 15.9. The van der Waals surface area contributed by atoms with Crippen LogP contribution in [0.25, 0.3) is 0 Å². The minimum atomic E-state index is -5.16. The maximum atomic E-state index is 12.0. The zero-order valence-corrected chi connectivity index (χ0v) is 19.9. The molecule has 0 unspecified atom stereocenters. The summed E-state index contributed by atoms with van der Waals surface area (Å²) in [5.41, 5.74) is 2.52. The molecular formula is C27H34F3NO4. The molecule has 0 spiro atoms. The molecule has 0 saturated heterocycles. The third kappa shape index (κ3) is 13.0. The van der Waals surface area contributed by atoms with Crippen LogP contribution in [0, 0.1) is 0 Å². The molecule has 5 nitrogen and oxygen atoms in total. The molecule has 0 aliphatic carbocycles. The molecule has 35 heavy (non-hydrogen) atoms. The summed E-state index contributed by atoms with van der Waals surface area (Å²) in [5.74, 6) is -2.84. The number of nitrogens with one attached hydrogen (secondary N) is 1. The molecule has 0 bridgehead atoms. The van der Waals surface area contributed by atoms with Gasteiger partial charge in [0.15, 0.2) is 0 Å². The molecule has 1 N–H and O–H groups in total. The maximum absolute atomic E-state index is 12.0. The Kier molecular flexibility index (Phi) is 12.9. The van der Waals surface area contributed by atoms with Crippen LogP contribution in [0.1, 0.15) is 56.1 Å². The standard InChI is InChI=1S/C27H34F3NO4/c28-27(29,30)26(33)35-25(32)17-19-31-18-10-15-23-14-9-16-24(21-23)34-20-8-3-1-2-5-11-22-12-6-4-7-13-22/h4,6-7,9,12-14,16,21,31H,1-3,5,8,10-11,15,17-20H2. The van der Waals surface area contributed by atoms with Crippen LogP contribution in [0.3, 0.4) is 0 Å². The third-order valence-corrected chi connectivity index (χ3v) is 5.38. The van der Waals surface area contributed by atoms with Crippen molar-refractivity contribution >= 4 is 11.9 Å². The van der Waals surface area contributed by atoms with E-state index in [2.05, 4.69) is 34.3 Å². The van der Waals surface area contributed by atoms with Gasteiger partial charge in [0.25, 0.3) is 0 Å². The van der Waals surface area contributed by atoms with Crippen LogP contribution >= 0.6 is 0 Å². The summed E-state index contributed by atoms with van der Waals surface area (Å²) in [4.78, 5) is 21.8. The Morgan fingerprint density at radius 1 is 0.771 bits per heavy atom. The Labute approximate surface area is 205 Å². The van der Waals surface area contributed by atoms with Crippen molar-refractivity contribution in [1.29, 1.82) is 0 Å². The molecule has 2 rings (SSSR count). The molecule has 0 aliphatic heterocycles. The number of benzene rings is 2. The molecule has 8 heteroatoms. The van der Waals surface area contributed by atoms with Crippen molar-refractivity contribution in [3.8, 4) is 5.75 Å². The van der Waals surface area contributed by atoms with E-state index in [1.807, 2.05) is 30.3 Å². The zero-order valence-electron chi connectivity index (χ0n) is 19.9. The summed E-state index contributed by atoms with van der Waals surface area (Å²) in [6.45, 7) is 1.41. The number of hydrogen-bond acceptors (Lipinski definition) is 5. The monoisotopic (exact) mass is 493 g/mol. The van der Waals surface area contributed by atoms with Gasteiger partial charge in [-0.25, -0.2) is 4.79 Å². The highest BCUT2D eigenvalue weighted by molar-refractivity contribution is 5.88. The summed E-state index contributed by atoms with van der Waals surface area (Å²) in [5, 5.41) is 2.96. The molecule has 2 aromatic carbocycles. The minimum absolute atomic E-state index is 0.138. The first-order valence-electron chi connectivity index (χ1n) is 12.1. The van der Waals surface area contributed by atoms with E-state index in [1.54, 1.807) is 0 Å². The number of aryl methyl sites for hydroxylation is 2. The summed E-state index contributed by atoms with van der Waals surface area (Å²) < 4.78 is 45.7. The predicted octanol–water partition coefficient (Wildman–Crippen LogP) is 5.80. The lowest BCUT2D eigenvalue weighted by molar-refractivity contribution is -0.201. The number of rotatable bonds is 16. The third-order valence-electron chi connectivity index (χ3n) is 5.38. The predicted molar refractivity (Wildman–Crippen MR) is 128 cm³/mol. The molecule has 192 valence electrons. The molecule has 0 aromatic heterocycles. The number of hydrogen-bond donors (Lipinski definition) is 1. The van der Waals surface area contributed by atoms with Gasteiger partial charge in [-0.1, -0.05) is 61.7 Å². The van der Waals surface area contributed by atoms with E-state index in [0.717, 1.165) is 43.4 Å². The molecule has 0 fully saturated rings. The van der Waals surface area contributed by atoms with Crippen LogP contribution in [-0.4, -0.2) is 37.8 Å². The van der Waals surface area contributed by atoms with E-state index in [0.29, 0.717) is 13.2 Å². The number of halogens is 3. The fourth-order valence-corrected chi connectivity index (χ4v) is 3.53. The summed E-state index contributed by atoms with van der Waals surface area (Å²) >= 11 is 0. The van der Waals surface area contributed by atoms with Gasteiger partial charge in [-0.05, 0) is 61.9 Å². The van der Waals surface area contributed by atoms with Crippen LogP contribution in [0.4, 0.5) is 13.2 Å². The summed E-state index contributed by atoms with van der Waals surface area (Å²) in [6.07, 6.45) is 3.06. The Morgan fingerprint density at radius 3 is 2.23 bits per heavy atom. The lowest BCUT2D eigenvalue weighted by atomic mass is 10.1. The van der Waals surface area contributed by atoms with Crippen molar-refractivity contribution in [2.24, 2.45) is 0 Å². The fraction of sp³-hybridized carbons (Fsp3) is 0.481. The normalized spacial score (nSPS) is 11.3. The lowest BCUT2D eigenvalue weighted by Crippen LogP contribution is -2.29. The van der Waals surface area contributed by atoms with Gasteiger partial charge in [0, 0.05) is 6.54 Å². The van der Waals surface area contributed by atoms with Crippen LogP contribution in [0.5, 0.6) is 5.75 Å². The van der Waals surface area contributed by atoms with E-state index in [9.17, 15) is 22.8 Å². The number of ether oxygens (including phenoxy) is 2. The molecule has 0 radical (unpaired) electrons. The smallest absolute Gasteiger partial charge is 0.491 e. The van der Waals surface area contributed by atoms with Gasteiger partial charge in [0.05, 0.1) is 13.0 Å². The number of alkyl halides is 3. The Balaban J connectivity index is 1.48. The molecule has 0 saturated carbocycles. The summed E-state index contributed by atoms with van der Waals surface area (Å²) in [6, 6.07) is 18.5. The highest BCUT2D eigenvalue weighted by Gasteiger charge is 2.42. The second-order valence-electron chi connectivity index (χ2n) is 8.36. The molecule has 0 atom stereocenters. The van der Waals surface area contributed by atoms with Crippen LogP contribution in [-0.2, 0) is 27.2 Å². The van der Waals surface area contributed by atoms with Gasteiger partial charge >= 0.3 is 18.1 Å². The van der Waals surface area contributed by atoms with Crippen molar-refractivity contribution in [3.63, 3.8) is 0 Å². The topological polar surface area (TPSA) is 64.6 Å². The molecule has 0 amide bonds. The second-order valence-corrected chi connectivity index (χ2v) is 8.36. The molecule has 0 heterocycles. The largest absolute Gasteiger partial charge is 0.494 e. The van der Waals surface area contributed by atoms with E-state index in [4.69, 9.17) is 4.74 Å². The molecular weight excluding hydrogens is 459 g/mol. The van der Waals surface area contributed by atoms with Gasteiger partial charge < -0.3 is 14.8 Å². The first kappa shape index (κ1) is 28.4. The van der Waals surface area contributed by atoms with Crippen LogP contribution in [0.2, 0.25) is 0 Å². The SMILES string of the molecule is O=C(CCNCCCc1cccc(OCCCCCCCc2ccccc2)c1)OC(=O)C(F)(F)F. The van der Waals surface area contributed by atoms with Crippen molar-refractivity contribution in [3.05, 3.63) is 65.7 Å². The van der Waals surface area contributed by atoms with Crippen LogP contribution < -0.4 is 10.1 Å².